The van der Waals surface area contributed by atoms with E-state index in [2.05, 4.69) is 11.1 Å². The molecule has 0 saturated carbocycles. The van der Waals surface area contributed by atoms with Crippen molar-refractivity contribution in [3.8, 4) is 6.07 Å². The number of rotatable bonds is 3. The number of fused-ring (bicyclic) bond motifs is 1. The second-order valence-electron chi connectivity index (χ2n) is 4.84. The molecule has 4 nitrogen and oxygen atoms in total. The van der Waals surface area contributed by atoms with Gasteiger partial charge in [0.1, 0.15) is 0 Å². The van der Waals surface area contributed by atoms with E-state index in [1.54, 1.807) is 0 Å². The smallest absolute Gasteiger partial charge is 0.192 e. The molecule has 0 fully saturated rings. The molecule has 4 heteroatoms. The first kappa shape index (κ1) is 13.2. The lowest BCUT2D eigenvalue weighted by atomic mass is 10.0. The van der Waals surface area contributed by atoms with Gasteiger partial charge in [-0.3, -0.25) is 4.79 Å². The Morgan fingerprint density at radius 2 is 2.11 bits per heavy atom. The van der Waals surface area contributed by atoms with Gasteiger partial charge >= 0.3 is 0 Å². The fourth-order valence-corrected chi connectivity index (χ4v) is 2.20. The Morgan fingerprint density at radius 1 is 1.37 bits per heavy atom. The summed E-state index contributed by atoms with van der Waals surface area (Å²) in [6, 6.07) is 7.88. The number of H-pyrrole nitrogens is 1. The van der Waals surface area contributed by atoms with Crippen LogP contribution < -0.4 is 10.3 Å². The lowest BCUT2D eigenvalue weighted by Gasteiger charge is -2.14. The van der Waals surface area contributed by atoms with Crippen LogP contribution in [0.25, 0.3) is 10.9 Å². The second kappa shape index (κ2) is 5.15. The van der Waals surface area contributed by atoms with Crippen LogP contribution in [0.15, 0.2) is 23.0 Å². The molecule has 0 radical (unpaired) electrons. The number of aromatic nitrogens is 1. The van der Waals surface area contributed by atoms with E-state index in [1.807, 2.05) is 44.1 Å². The van der Waals surface area contributed by atoms with Crippen molar-refractivity contribution in [1.82, 2.24) is 4.98 Å². The average molecular weight is 255 g/mol. The van der Waals surface area contributed by atoms with E-state index in [1.165, 1.54) is 0 Å². The Hall–Kier alpha value is -2.28. The number of aryl methyl sites for hydroxylation is 1. The molecule has 0 amide bonds. The zero-order chi connectivity index (χ0) is 14.0. The van der Waals surface area contributed by atoms with E-state index in [9.17, 15) is 4.79 Å². The van der Waals surface area contributed by atoms with Gasteiger partial charge < -0.3 is 9.88 Å². The summed E-state index contributed by atoms with van der Waals surface area (Å²) >= 11 is 0. The maximum absolute atomic E-state index is 12.5. The highest BCUT2D eigenvalue weighted by Crippen LogP contribution is 2.19. The summed E-state index contributed by atoms with van der Waals surface area (Å²) in [7, 11) is 3.89. The van der Waals surface area contributed by atoms with Gasteiger partial charge in [-0.15, -0.1) is 0 Å². The van der Waals surface area contributed by atoms with Crippen molar-refractivity contribution in [2.24, 2.45) is 0 Å². The topological polar surface area (TPSA) is 59.9 Å². The lowest BCUT2D eigenvalue weighted by Crippen LogP contribution is -2.15. The van der Waals surface area contributed by atoms with E-state index in [0.29, 0.717) is 23.8 Å². The molecule has 0 aliphatic rings. The van der Waals surface area contributed by atoms with Gasteiger partial charge in [-0.1, -0.05) is 0 Å². The lowest BCUT2D eigenvalue weighted by molar-refractivity contribution is 0.967. The normalized spacial score (nSPS) is 10.4. The molecule has 19 heavy (non-hydrogen) atoms. The monoisotopic (exact) mass is 255 g/mol. The van der Waals surface area contributed by atoms with Gasteiger partial charge in [-0.25, -0.2) is 0 Å². The van der Waals surface area contributed by atoms with Gasteiger partial charge in [0, 0.05) is 48.4 Å². The minimum atomic E-state index is 0.0326. The predicted octanol–water partition coefficient (Wildman–Crippen LogP) is 2.36. The standard InChI is InChI=1S/C15H17N3O/c1-10-12(5-4-8-16)15(19)13-9-11(18(2)3)6-7-14(13)17-10/h6-7,9H,4-5H2,1-3H3,(H,17,19). The van der Waals surface area contributed by atoms with Crippen molar-refractivity contribution >= 4 is 16.6 Å². The zero-order valence-electron chi connectivity index (χ0n) is 11.4. The molecule has 1 aromatic carbocycles. The Labute approximate surface area is 112 Å². The number of hydrogen-bond donors (Lipinski definition) is 1. The summed E-state index contributed by atoms with van der Waals surface area (Å²) in [5.41, 5.74) is 3.43. The molecule has 0 aliphatic heterocycles. The number of aromatic amines is 1. The number of anilines is 1. The minimum absolute atomic E-state index is 0.0326. The number of nitriles is 1. The quantitative estimate of drug-likeness (QED) is 0.915. The maximum atomic E-state index is 12.5. The second-order valence-corrected chi connectivity index (χ2v) is 4.84. The van der Waals surface area contributed by atoms with E-state index >= 15 is 0 Å². The number of hydrogen-bond acceptors (Lipinski definition) is 3. The Kier molecular flexibility index (Phi) is 3.57. The molecule has 0 atom stereocenters. The first-order valence-electron chi connectivity index (χ1n) is 6.24. The largest absolute Gasteiger partial charge is 0.378 e. The van der Waals surface area contributed by atoms with E-state index in [-0.39, 0.29) is 5.43 Å². The SMILES string of the molecule is Cc1[nH]c2ccc(N(C)C)cc2c(=O)c1CCC#N. The van der Waals surface area contributed by atoms with Gasteiger partial charge in [0.25, 0.3) is 0 Å². The van der Waals surface area contributed by atoms with Crippen molar-refractivity contribution in [3.05, 3.63) is 39.7 Å². The molecule has 2 rings (SSSR count). The van der Waals surface area contributed by atoms with Crippen LogP contribution >= 0.6 is 0 Å². The molecule has 1 aromatic heterocycles. The van der Waals surface area contributed by atoms with Crippen molar-refractivity contribution in [3.63, 3.8) is 0 Å². The van der Waals surface area contributed by atoms with Crippen molar-refractivity contribution in [2.75, 3.05) is 19.0 Å². The first-order valence-corrected chi connectivity index (χ1v) is 6.24. The highest BCUT2D eigenvalue weighted by Gasteiger charge is 2.10. The Balaban J connectivity index is 2.66. The molecule has 0 unspecified atom stereocenters. The third kappa shape index (κ3) is 2.45. The van der Waals surface area contributed by atoms with Crippen LogP contribution in [0.3, 0.4) is 0 Å². The number of benzene rings is 1. The molecular formula is C15H17N3O. The Morgan fingerprint density at radius 3 is 2.74 bits per heavy atom. The van der Waals surface area contributed by atoms with Crippen LogP contribution in [0.2, 0.25) is 0 Å². The zero-order valence-corrected chi connectivity index (χ0v) is 11.4. The van der Waals surface area contributed by atoms with Gasteiger partial charge in [0.05, 0.1) is 6.07 Å². The summed E-state index contributed by atoms with van der Waals surface area (Å²) in [4.78, 5) is 17.7. The molecule has 0 saturated heterocycles. The van der Waals surface area contributed by atoms with Crippen LogP contribution in [0.1, 0.15) is 17.7 Å². The third-order valence-electron chi connectivity index (χ3n) is 3.30. The van der Waals surface area contributed by atoms with E-state index in [0.717, 1.165) is 16.9 Å². The number of nitrogens with zero attached hydrogens (tertiary/aromatic N) is 2. The van der Waals surface area contributed by atoms with Gasteiger partial charge in [-0.05, 0) is 31.5 Å². The van der Waals surface area contributed by atoms with Crippen LogP contribution in [0.5, 0.6) is 0 Å². The Bertz CT molecular complexity index is 708. The maximum Gasteiger partial charge on any atom is 0.192 e. The number of nitrogens with one attached hydrogen (secondary N) is 1. The number of pyridine rings is 1. The van der Waals surface area contributed by atoms with Crippen LogP contribution in [-0.2, 0) is 6.42 Å². The highest BCUT2D eigenvalue weighted by atomic mass is 16.1. The van der Waals surface area contributed by atoms with Gasteiger partial charge in [-0.2, -0.15) is 5.26 Å². The predicted molar refractivity (Wildman–Crippen MR) is 77.6 cm³/mol. The molecule has 1 N–H and O–H groups in total. The average Bonchev–Trinajstić information content (AvgIpc) is 2.38. The molecule has 1 heterocycles. The fraction of sp³-hybridized carbons (Fsp3) is 0.333. The van der Waals surface area contributed by atoms with Crippen LogP contribution in [0.4, 0.5) is 5.69 Å². The minimum Gasteiger partial charge on any atom is -0.378 e. The summed E-state index contributed by atoms with van der Waals surface area (Å²) in [5, 5.41) is 9.36. The summed E-state index contributed by atoms with van der Waals surface area (Å²) in [5.74, 6) is 0. The first-order chi connectivity index (χ1) is 9.04. The molecular weight excluding hydrogens is 238 g/mol. The van der Waals surface area contributed by atoms with Gasteiger partial charge in [0.15, 0.2) is 5.43 Å². The van der Waals surface area contributed by atoms with Crippen LogP contribution in [0, 0.1) is 18.3 Å². The summed E-state index contributed by atoms with van der Waals surface area (Å²) < 4.78 is 0. The van der Waals surface area contributed by atoms with Crippen molar-refractivity contribution < 1.29 is 0 Å². The molecule has 0 bridgehead atoms. The molecule has 98 valence electrons. The van der Waals surface area contributed by atoms with E-state index < -0.39 is 0 Å². The summed E-state index contributed by atoms with van der Waals surface area (Å²) in [6.07, 6.45) is 0.864. The van der Waals surface area contributed by atoms with E-state index in [4.69, 9.17) is 5.26 Å². The van der Waals surface area contributed by atoms with Crippen molar-refractivity contribution in [1.29, 1.82) is 5.26 Å². The molecule has 0 spiro atoms. The van der Waals surface area contributed by atoms with Gasteiger partial charge in [0.2, 0.25) is 0 Å². The fourth-order valence-electron chi connectivity index (χ4n) is 2.20. The molecule has 2 aromatic rings. The van der Waals surface area contributed by atoms with Crippen molar-refractivity contribution in [2.45, 2.75) is 19.8 Å². The highest BCUT2D eigenvalue weighted by molar-refractivity contribution is 5.83. The summed E-state index contributed by atoms with van der Waals surface area (Å²) in [6.45, 7) is 1.88. The third-order valence-corrected chi connectivity index (χ3v) is 3.30. The molecule has 0 aliphatic carbocycles. The van der Waals surface area contributed by atoms with Crippen LogP contribution in [-0.4, -0.2) is 19.1 Å².